The number of rotatable bonds is 45. The fourth-order valence-electron chi connectivity index (χ4n) is 6.76. The van der Waals surface area contributed by atoms with Crippen LogP contribution in [0.4, 0.5) is 0 Å². The van der Waals surface area contributed by atoms with Crippen LogP contribution in [0.2, 0.25) is 0 Å². The van der Waals surface area contributed by atoms with Crippen molar-refractivity contribution in [3.05, 3.63) is 12.2 Å². The van der Waals surface area contributed by atoms with Crippen LogP contribution in [0.1, 0.15) is 232 Å². The zero-order valence-corrected chi connectivity index (χ0v) is 36.6. The fraction of sp³-hybridized carbons (Fsp3) is 0.933. The molecule has 0 aliphatic carbocycles. The SMILES string of the molecule is CCCCCCCCC/C=C\CCCCCCCC(=O)OC(COCCCCCCCCCCCCCCCCCCCCC)COP(=O)(O)OCCN. The van der Waals surface area contributed by atoms with E-state index in [9.17, 15) is 14.3 Å². The summed E-state index contributed by atoms with van der Waals surface area (Å²) in [5.74, 6) is -0.334. The average Bonchev–Trinajstić information content (AvgIpc) is 3.16. The smallest absolute Gasteiger partial charge is 0.457 e. The number of ether oxygens (including phenoxy) is 2. The largest absolute Gasteiger partial charge is 0.472 e. The van der Waals surface area contributed by atoms with E-state index in [-0.39, 0.29) is 32.3 Å². The number of carbonyl (C=O) groups is 1. The number of hydrogen-bond acceptors (Lipinski definition) is 7. The Morgan fingerprint density at radius 1 is 0.537 bits per heavy atom. The zero-order valence-electron chi connectivity index (χ0n) is 35.7. The minimum absolute atomic E-state index is 0.0936. The second-order valence-electron chi connectivity index (χ2n) is 15.6. The van der Waals surface area contributed by atoms with Crippen LogP contribution < -0.4 is 5.73 Å². The highest BCUT2D eigenvalue weighted by molar-refractivity contribution is 7.47. The molecule has 0 saturated heterocycles. The highest BCUT2D eigenvalue weighted by atomic mass is 31.2. The van der Waals surface area contributed by atoms with E-state index in [0.29, 0.717) is 13.0 Å². The van der Waals surface area contributed by atoms with Crippen molar-refractivity contribution in [2.75, 3.05) is 33.0 Å². The van der Waals surface area contributed by atoms with E-state index < -0.39 is 13.9 Å². The van der Waals surface area contributed by atoms with Crippen molar-refractivity contribution in [1.82, 2.24) is 0 Å². The van der Waals surface area contributed by atoms with Gasteiger partial charge in [-0.15, -0.1) is 0 Å². The molecule has 0 aromatic heterocycles. The molecule has 2 atom stereocenters. The molecule has 0 heterocycles. The molecule has 0 bridgehead atoms. The van der Waals surface area contributed by atoms with Crippen LogP contribution in [0.15, 0.2) is 12.2 Å². The summed E-state index contributed by atoms with van der Waals surface area (Å²) >= 11 is 0. The molecule has 0 rings (SSSR count). The van der Waals surface area contributed by atoms with Crippen LogP contribution in [-0.4, -0.2) is 49.9 Å². The third kappa shape index (κ3) is 42.4. The molecule has 0 aromatic rings. The van der Waals surface area contributed by atoms with Gasteiger partial charge in [0.15, 0.2) is 0 Å². The minimum atomic E-state index is -4.27. The maximum Gasteiger partial charge on any atom is 0.472 e. The summed E-state index contributed by atoms with van der Waals surface area (Å²) in [5.41, 5.74) is 5.37. The van der Waals surface area contributed by atoms with Crippen LogP contribution in [0.25, 0.3) is 0 Å². The number of carbonyl (C=O) groups excluding carboxylic acids is 1. The lowest BCUT2D eigenvalue weighted by Gasteiger charge is -2.20. The lowest BCUT2D eigenvalue weighted by atomic mass is 10.0. The van der Waals surface area contributed by atoms with E-state index in [0.717, 1.165) is 44.9 Å². The molecule has 0 aromatic carbocycles. The maximum absolute atomic E-state index is 12.6. The van der Waals surface area contributed by atoms with Gasteiger partial charge in [-0.1, -0.05) is 199 Å². The number of allylic oxidation sites excluding steroid dienone is 2. The molecule has 0 amide bonds. The van der Waals surface area contributed by atoms with Crippen molar-refractivity contribution in [3.8, 4) is 0 Å². The van der Waals surface area contributed by atoms with E-state index in [1.807, 2.05) is 0 Å². The zero-order chi connectivity index (χ0) is 39.5. The normalized spacial score (nSPS) is 13.5. The third-order valence-corrected chi connectivity index (χ3v) is 11.2. The first-order chi connectivity index (χ1) is 26.4. The Bertz CT molecular complexity index is 843. The van der Waals surface area contributed by atoms with Gasteiger partial charge in [0.25, 0.3) is 0 Å². The second-order valence-corrected chi connectivity index (χ2v) is 17.1. The first-order valence-electron chi connectivity index (χ1n) is 23.2. The number of phosphoric acid groups is 1. The molecule has 0 spiro atoms. The number of unbranched alkanes of at least 4 members (excludes halogenated alkanes) is 30. The Morgan fingerprint density at radius 3 is 1.35 bits per heavy atom. The molecule has 0 saturated carbocycles. The Hall–Kier alpha value is -0.760. The van der Waals surface area contributed by atoms with E-state index >= 15 is 0 Å². The standard InChI is InChI=1S/C45H90NO7P/c1-3-5-7-9-11-13-15-17-19-21-22-23-25-27-29-31-33-35-37-40-50-42-44(43-52-54(48,49)51-41-39-46)53-45(47)38-36-34-32-30-28-26-24-20-18-16-14-12-10-8-6-4-2/h20,24,44H,3-19,21-23,25-43,46H2,1-2H3,(H,48,49)/b24-20-. The summed E-state index contributed by atoms with van der Waals surface area (Å²) in [4.78, 5) is 22.5. The monoisotopic (exact) mass is 788 g/mol. The predicted octanol–water partition coefficient (Wildman–Crippen LogP) is 13.9. The number of esters is 1. The molecule has 3 N–H and O–H groups in total. The summed E-state index contributed by atoms with van der Waals surface area (Å²) in [6.45, 7) is 4.96. The van der Waals surface area contributed by atoms with Crippen LogP contribution in [-0.2, 0) is 27.9 Å². The Balaban J connectivity index is 3.96. The topological polar surface area (TPSA) is 117 Å². The van der Waals surface area contributed by atoms with Gasteiger partial charge in [0.05, 0.1) is 19.8 Å². The van der Waals surface area contributed by atoms with Crippen LogP contribution in [0, 0.1) is 0 Å². The lowest BCUT2D eigenvalue weighted by Crippen LogP contribution is -2.28. The van der Waals surface area contributed by atoms with E-state index in [1.54, 1.807) is 0 Å². The van der Waals surface area contributed by atoms with Crippen molar-refractivity contribution in [2.45, 2.75) is 238 Å². The number of hydrogen-bond donors (Lipinski definition) is 2. The predicted molar refractivity (Wildman–Crippen MR) is 229 cm³/mol. The minimum Gasteiger partial charge on any atom is -0.457 e. The molecular weight excluding hydrogens is 697 g/mol. The molecule has 0 fully saturated rings. The van der Waals surface area contributed by atoms with Gasteiger partial charge in [0.2, 0.25) is 0 Å². The van der Waals surface area contributed by atoms with Crippen molar-refractivity contribution in [3.63, 3.8) is 0 Å². The quantitative estimate of drug-likeness (QED) is 0.0271. The maximum atomic E-state index is 12.6. The highest BCUT2D eigenvalue weighted by Crippen LogP contribution is 2.43. The fourth-order valence-corrected chi connectivity index (χ4v) is 7.52. The van der Waals surface area contributed by atoms with Crippen LogP contribution in [0.5, 0.6) is 0 Å². The summed E-state index contributed by atoms with van der Waals surface area (Å²) in [6, 6.07) is 0. The second kappa shape index (κ2) is 43.4. The van der Waals surface area contributed by atoms with Crippen LogP contribution >= 0.6 is 7.82 Å². The van der Waals surface area contributed by atoms with Gasteiger partial charge in [-0.05, 0) is 38.5 Å². The molecule has 54 heavy (non-hydrogen) atoms. The van der Waals surface area contributed by atoms with Crippen molar-refractivity contribution in [2.24, 2.45) is 5.73 Å². The summed E-state index contributed by atoms with van der Waals surface area (Å²) in [6.07, 6.45) is 46.6. The molecule has 0 radical (unpaired) electrons. The lowest BCUT2D eigenvalue weighted by molar-refractivity contribution is -0.154. The van der Waals surface area contributed by atoms with Crippen molar-refractivity contribution in [1.29, 1.82) is 0 Å². The van der Waals surface area contributed by atoms with Gasteiger partial charge in [-0.25, -0.2) is 4.57 Å². The summed E-state index contributed by atoms with van der Waals surface area (Å²) < 4.78 is 33.5. The highest BCUT2D eigenvalue weighted by Gasteiger charge is 2.25. The molecule has 0 aliphatic heterocycles. The Labute approximate surface area is 334 Å². The van der Waals surface area contributed by atoms with Gasteiger partial charge in [0.1, 0.15) is 6.10 Å². The molecule has 322 valence electrons. The molecular formula is C45H90NO7P. The van der Waals surface area contributed by atoms with Gasteiger partial charge in [-0.3, -0.25) is 13.8 Å². The molecule has 9 heteroatoms. The average molecular weight is 788 g/mol. The van der Waals surface area contributed by atoms with E-state index in [1.165, 1.54) is 167 Å². The molecule has 2 unspecified atom stereocenters. The summed E-state index contributed by atoms with van der Waals surface area (Å²) in [5, 5.41) is 0. The summed E-state index contributed by atoms with van der Waals surface area (Å²) in [7, 11) is -4.27. The Morgan fingerprint density at radius 2 is 0.926 bits per heavy atom. The van der Waals surface area contributed by atoms with Gasteiger partial charge >= 0.3 is 13.8 Å². The number of phosphoric ester groups is 1. The molecule has 0 aliphatic rings. The first kappa shape index (κ1) is 53.2. The third-order valence-electron chi connectivity index (χ3n) is 10.2. The van der Waals surface area contributed by atoms with E-state index in [2.05, 4.69) is 26.0 Å². The Kier molecular flexibility index (Phi) is 42.8. The van der Waals surface area contributed by atoms with Gasteiger partial charge < -0.3 is 20.1 Å². The first-order valence-corrected chi connectivity index (χ1v) is 24.7. The van der Waals surface area contributed by atoms with Crippen LogP contribution in [0.3, 0.4) is 0 Å². The number of nitrogens with two attached hydrogens (primary N) is 1. The van der Waals surface area contributed by atoms with Gasteiger partial charge in [-0.2, -0.15) is 0 Å². The van der Waals surface area contributed by atoms with Gasteiger partial charge in [0, 0.05) is 19.6 Å². The van der Waals surface area contributed by atoms with Crippen molar-refractivity contribution < 1.29 is 32.8 Å². The molecule has 8 nitrogen and oxygen atoms in total. The van der Waals surface area contributed by atoms with E-state index in [4.69, 9.17) is 24.3 Å². The van der Waals surface area contributed by atoms with Crippen molar-refractivity contribution >= 4 is 13.8 Å².